The number of primary amides is 1. The average molecular weight is 402 g/mol. The number of hydrogen-bond donors (Lipinski definition) is 1. The molecule has 1 heterocycles. The Hall–Kier alpha value is -1.80. The molecule has 2 amide bonds. The van der Waals surface area contributed by atoms with Crippen LogP contribution in [0.4, 0.5) is 13.2 Å². The van der Waals surface area contributed by atoms with Gasteiger partial charge in [-0.15, -0.1) is 0 Å². The van der Waals surface area contributed by atoms with Crippen molar-refractivity contribution in [2.45, 2.75) is 57.2 Å². The summed E-state index contributed by atoms with van der Waals surface area (Å²) in [4.78, 5) is 37.1. The lowest BCUT2D eigenvalue weighted by Gasteiger charge is -2.58. The van der Waals surface area contributed by atoms with Gasteiger partial charge in [0.15, 0.2) is 0 Å². The van der Waals surface area contributed by atoms with Gasteiger partial charge in [-0.1, -0.05) is 0 Å². The molecule has 156 valence electrons. The zero-order chi connectivity index (χ0) is 20.3. The van der Waals surface area contributed by atoms with Crippen molar-refractivity contribution in [1.82, 2.24) is 4.90 Å². The number of piperidine rings is 1. The van der Waals surface area contributed by atoms with E-state index in [1.54, 1.807) is 0 Å². The Kier molecular flexibility index (Phi) is 4.62. The van der Waals surface area contributed by atoms with E-state index in [0.29, 0.717) is 24.7 Å². The first-order chi connectivity index (χ1) is 13.1. The number of likely N-dealkylation sites (tertiary alicyclic amines) is 1. The number of hydrogen-bond acceptors (Lipinski definition) is 4. The van der Waals surface area contributed by atoms with Crippen LogP contribution in [0.5, 0.6) is 0 Å². The highest BCUT2D eigenvalue weighted by Crippen LogP contribution is 2.61. The minimum atomic E-state index is -4.90. The number of ether oxygens (including phenoxy) is 1. The van der Waals surface area contributed by atoms with Crippen molar-refractivity contribution < 1.29 is 32.3 Å². The minimum absolute atomic E-state index is 0.128. The van der Waals surface area contributed by atoms with E-state index in [1.165, 1.54) is 0 Å². The molecule has 0 spiro atoms. The second-order valence-corrected chi connectivity index (χ2v) is 9.05. The van der Waals surface area contributed by atoms with Gasteiger partial charge in [-0.25, -0.2) is 0 Å². The van der Waals surface area contributed by atoms with E-state index in [9.17, 15) is 27.6 Å². The van der Waals surface area contributed by atoms with Gasteiger partial charge in [0, 0.05) is 13.1 Å². The van der Waals surface area contributed by atoms with E-state index in [4.69, 9.17) is 10.5 Å². The molecule has 5 aliphatic rings. The first-order valence-corrected chi connectivity index (χ1v) is 9.96. The van der Waals surface area contributed by atoms with Crippen LogP contribution in [0, 0.1) is 29.1 Å². The van der Waals surface area contributed by atoms with Gasteiger partial charge in [0.1, 0.15) is 6.10 Å². The molecule has 4 saturated carbocycles. The van der Waals surface area contributed by atoms with Crippen LogP contribution in [0.3, 0.4) is 0 Å². The number of carbonyl (C=O) groups excluding carboxylic acids is 3. The molecule has 1 saturated heterocycles. The van der Waals surface area contributed by atoms with Gasteiger partial charge < -0.3 is 15.4 Å². The van der Waals surface area contributed by atoms with E-state index < -0.39 is 41.4 Å². The van der Waals surface area contributed by atoms with Gasteiger partial charge in [0.05, 0.1) is 11.3 Å². The van der Waals surface area contributed by atoms with Crippen LogP contribution >= 0.6 is 0 Å². The highest BCUT2D eigenvalue weighted by molar-refractivity contribution is 5.84. The lowest BCUT2D eigenvalue weighted by atomic mass is 9.48. The highest BCUT2D eigenvalue weighted by atomic mass is 19.4. The normalized spacial score (nSPS) is 37.8. The van der Waals surface area contributed by atoms with E-state index >= 15 is 0 Å². The third kappa shape index (κ3) is 3.16. The monoisotopic (exact) mass is 402 g/mol. The maximum atomic E-state index is 12.7. The first-order valence-electron chi connectivity index (χ1n) is 9.96. The molecular weight excluding hydrogens is 377 g/mol. The van der Waals surface area contributed by atoms with Crippen molar-refractivity contribution in [3.05, 3.63) is 0 Å². The number of halogens is 3. The van der Waals surface area contributed by atoms with Gasteiger partial charge in [-0.05, 0) is 62.7 Å². The Balaban J connectivity index is 1.40. The van der Waals surface area contributed by atoms with Crippen LogP contribution in [0.2, 0.25) is 0 Å². The maximum Gasteiger partial charge on any atom is 0.471 e. The van der Waals surface area contributed by atoms with E-state index in [0.717, 1.165) is 24.2 Å². The summed E-state index contributed by atoms with van der Waals surface area (Å²) in [6, 6.07) is 0. The number of esters is 1. The summed E-state index contributed by atoms with van der Waals surface area (Å²) in [5, 5.41) is 0. The van der Waals surface area contributed by atoms with Crippen molar-refractivity contribution in [2.75, 3.05) is 13.1 Å². The third-order valence-corrected chi connectivity index (χ3v) is 7.31. The molecule has 3 unspecified atom stereocenters. The molecule has 4 aliphatic carbocycles. The molecule has 5 fully saturated rings. The van der Waals surface area contributed by atoms with E-state index in [-0.39, 0.29) is 31.8 Å². The van der Waals surface area contributed by atoms with E-state index in [1.807, 2.05) is 0 Å². The summed E-state index contributed by atoms with van der Waals surface area (Å²) in [5.74, 6) is -2.26. The number of amides is 2. The zero-order valence-electron chi connectivity index (χ0n) is 15.5. The fourth-order valence-electron chi connectivity index (χ4n) is 6.26. The van der Waals surface area contributed by atoms with Crippen LogP contribution < -0.4 is 5.73 Å². The molecular formula is C19H25F3N2O4. The molecule has 6 nitrogen and oxygen atoms in total. The molecule has 5 rings (SSSR count). The Morgan fingerprint density at radius 3 is 2.07 bits per heavy atom. The van der Waals surface area contributed by atoms with Gasteiger partial charge in [-0.2, -0.15) is 13.2 Å². The highest BCUT2D eigenvalue weighted by Gasteiger charge is 2.62. The first kappa shape index (κ1) is 19.5. The van der Waals surface area contributed by atoms with Crippen LogP contribution in [-0.2, 0) is 19.1 Å². The molecule has 0 aromatic rings. The molecule has 4 bridgehead atoms. The third-order valence-electron chi connectivity index (χ3n) is 7.31. The number of rotatable bonds is 3. The maximum absolute atomic E-state index is 12.7. The summed E-state index contributed by atoms with van der Waals surface area (Å²) in [6.07, 6.45) is -0.874. The average Bonchev–Trinajstić information content (AvgIpc) is 2.62. The van der Waals surface area contributed by atoms with Gasteiger partial charge in [0.25, 0.3) is 0 Å². The second-order valence-electron chi connectivity index (χ2n) is 9.05. The predicted molar refractivity (Wildman–Crippen MR) is 90.4 cm³/mol. The summed E-state index contributed by atoms with van der Waals surface area (Å²) in [5.41, 5.74) is 4.95. The topological polar surface area (TPSA) is 89.7 Å². The van der Waals surface area contributed by atoms with Crippen molar-refractivity contribution in [3.8, 4) is 0 Å². The predicted octanol–water partition coefficient (Wildman–Crippen LogP) is 2.01. The lowest BCUT2D eigenvalue weighted by Crippen LogP contribution is -2.62. The fourth-order valence-corrected chi connectivity index (χ4v) is 6.26. The molecule has 0 radical (unpaired) electrons. The molecule has 28 heavy (non-hydrogen) atoms. The van der Waals surface area contributed by atoms with E-state index in [2.05, 4.69) is 0 Å². The standard InChI is InChI=1S/C19H25F3N2O4/c20-19(21,22)17(27)24-3-1-12(2-4-24)15(25)28-14-13-6-10-5-11(7-13)9-18(14,8-10)16(23)26/h10-14H,1-9H2,(H2,23,26). The minimum Gasteiger partial charge on any atom is -0.461 e. The fraction of sp³-hybridized carbons (Fsp3) is 0.842. The van der Waals surface area contributed by atoms with Crippen molar-refractivity contribution in [1.29, 1.82) is 0 Å². The van der Waals surface area contributed by atoms with Crippen LogP contribution in [-0.4, -0.2) is 48.1 Å². The second kappa shape index (κ2) is 6.62. The molecule has 3 atom stereocenters. The largest absolute Gasteiger partial charge is 0.471 e. The Labute approximate surface area is 160 Å². The lowest BCUT2D eigenvalue weighted by molar-refractivity contribution is -0.200. The van der Waals surface area contributed by atoms with Crippen molar-refractivity contribution in [3.63, 3.8) is 0 Å². The van der Waals surface area contributed by atoms with Crippen molar-refractivity contribution >= 4 is 17.8 Å². The summed E-state index contributed by atoms with van der Waals surface area (Å²) in [7, 11) is 0. The summed E-state index contributed by atoms with van der Waals surface area (Å²) < 4.78 is 43.5. The Morgan fingerprint density at radius 2 is 1.57 bits per heavy atom. The molecule has 1 aliphatic heterocycles. The van der Waals surface area contributed by atoms with Crippen LogP contribution in [0.15, 0.2) is 0 Å². The van der Waals surface area contributed by atoms with Crippen LogP contribution in [0.1, 0.15) is 44.9 Å². The molecule has 9 heteroatoms. The number of nitrogens with two attached hydrogens (primary N) is 1. The molecule has 2 N–H and O–H groups in total. The zero-order valence-corrected chi connectivity index (χ0v) is 15.5. The molecule has 0 aromatic heterocycles. The quantitative estimate of drug-likeness (QED) is 0.732. The SMILES string of the molecule is NC(=O)C12CC3CC(CC(C3)C1OC(=O)C1CCN(C(=O)C(F)(F)F)CC1)C2. The number of carbonyl (C=O) groups is 3. The summed E-state index contributed by atoms with van der Waals surface area (Å²) >= 11 is 0. The van der Waals surface area contributed by atoms with Gasteiger partial charge in [0.2, 0.25) is 5.91 Å². The Morgan fingerprint density at radius 1 is 1.00 bits per heavy atom. The molecule has 0 aromatic carbocycles. The van der Waals surface area contributed by atoms with Crippen LogP contribution in [0.25, 0.3) is 0 Å². The number of alkyl halides is 3. The number of nitrogens with zero attached hydrogens (tertiary/aromatic N) is 1. The smallest absolute Gasteiger partial charge is 0.461 e. The summed E-state index contributed by atoms with van der Waals surface area (Å²) in [6.45, 7) is -0.255. The Bertz CT molecular complexity index is 673. The van der Waals surface area contributed by atoms with Gasteiger partial charge >= 0.3 is 18.1 Å². The van der Waals surface area contributed by atoms with Gasteiger partial charge in [-0.3, -0.25) is 14.4 Å². The van der Waals surface area contributed by atoms with Crippen molar-refractivity contribution in [2.24, 2.45) is 34.8 Å².